The molecule has 3 aromatic rings. The number of halogens is 3. The molecule has 0 saturated heterocycles. The zero-order chi connectivity index (χ0) is 20.3. The number of hydrazone groups is 1. The molecule has 1 aliphatic rings. The van der Waals surface area contributed by atoms with Crippen LogP contribution in [-0.2, 0) is 0 Å². The van der Waals surface area contributed by atoms with Crippen molar-refractivity contribution in [1.82, 2.24) is 14.8 Å². The summed E-state index contributed by atoms with van der Waals surface area (Å²) in [5.41, 5.74) is -1.91. The first-order valence-corrected chi connectivity index (χ1v) is 9.16. The van der Waals surface area contributed by atoms with Crippen LogP contribution in [0, 0.1) is 6.92 Å². The number of benzene rings is 1. The fourth-order valence-corrected chi connectivity index (χ4v) is 4.26. The molecular formula is C18H15F3N4O2S. The van der Waals surface area contributed by atoms with E-state index in [1.165, 1.54) is 13.0 Å². The van der Waals surface area contributed by atoms with Crippen LogP contribution in [0.3, 0.4) is 0 Å². The van der Waals surface area contributed by atoms with E-state index in [4.69, 9.17) is 0 Å². The van der Waals surface area contributed by atoms with E-state index in [1.54, 1.807) is 11.6 Å². The lowest BCUT2D eigenvalue weighted by atomic mass is 10.1. The van der Waals surface area contributed by atoms with E-state index in [2.05, 4.69) is 10.2 Å². The van der Waals surface area contributed by atoms with E-state index in [-0.39, 0.29) is 15.6 Å². The van der Waals surface area contributed by atoms with Crippen LogP contribution in [0.4, 0.5) is 13.2 Å². The van der Waals surface area contributed by atoms with Crippen molar-refractivity contribution in [1.29, 1.82) is 0 Å². The molecule has 0 bridgehead atoms. The zero-order valence-corrected chi connectivity index (χ0v) is 15.7. The Hall–Kier alpha value is -2.72. The molecular weight excluding hydrogens is 393 g/mol. The lowest BCUT2D eigenvalue weighted by Crippen LogP contribution is -2.56. The van der Waals surface area contributed by atoms with Gasteiger partial charge in [0.25, 0.3) is 11.6 Å². The molecule has 28 heavy (non-hydrogen) atoms. The second kappa shape index (κ2) is 6.14. The molecule has 6 nitrogen and oxygen atoms in total. The maximum Gasteiger partial charge on any atom is 0.438 e. The Balaban J connectivity index is 1.79. The van der Waals surface area contributed by atoms with Crippen molar-refractivity contribution >= 4 is 33.2 Å². The molecule has 1 aromatic carbocycles. The third kappa shape index (κ3) is 2.71. The largest absolute Gasteiger partial charge is 0.438 e. The van der Waals surface area contributed by atoms with Crippen molar-refractivity contribution in [3.63, 3.8) is 0 Å². The van der Waals surface area contributed by atoms with Crippen molar-refractivity contribution in [2.45, 2.75) is 32.2 Å². The number of aryl methyl sites for hydroxylation is 1. The van der Waals surface area contributed by atoms with E-state index in [0.717, 1.165) is 17.0 Å². The summed E-state index contributed by atoms with van der Waals surface area (Å²) in [6.45, 7) is 3.10. The van der Waals surface area contributed by atoms with Crippen LogP contribution in [0.1, 0.15) is 28.7 Å². The lowest BCUT2D eigenvalue weighted by molar-refractivity contribution is -0.297. The Morgan fingerprint density at radius 3 is 2.57 bits per heavy atom. The second-order valence-electron chi connectivity index (χ2n) is 6.61. The van der Waals surface area contributed by atoms with Gasteiger partial charge in [0.1, 0.15) is 4.83 Å². The molecule has 1 N–H and O–H groups in total. The summed E-state index contributed by atoms with van der Waals surface area (Å²) in [5.74, 6) is -1.00. The standard InChI is InChI=1S/C18H15F3N4O2S/c1-10-9-17(27,18(19,20)21)25(22-10)15(26)14-8-13-11(2)23-24(16(13)28-14)12-6-4-3-5-7-12/h3-8,27H,9H2,1-2H3. The van der Waals surface area contributed by atoms with Crippen LogP contribution in [0.25, 0.3) is 15.9 Å². The van der Waals surface area contributed by atoms with Gasteiger partial charge >= 0.3 is 6.18 Å². The number of para-hydroxylation sites is 1. The van der Waals surface area contributed by atoms with Crippen molar-refractivity contribution in [3.8, 4) is 5.69 Å². The quantitative estimate of drug-likeness (QED) is 0.700. The number of aliphatic hydroxyl groups is 1. The average Bonchev–Trinajstić information content (AvgIpc) is 3.28. The van der Waals surface area contributed by atoms with E-state index in [9.17, 15) is 23.1 Å². The molecule has 10 heteroatoms. The predicted molar refractivity (Wildman–Crippen MR) is 98.6 cm³/mol. The van der Waals surface area contributed by atoms with E-state index < -0.39 is 24.2 Å². The summed E-state index contributed by atoms with van der Waals surface area (Å²) >= 11 is 1.01. The molecule has 0 fully saturated rings. The summed E-state index contributed by atoms with van der Waals surface area (Å²) in [7, 11) is 0. The Bertz CT molecular complexity index is 1100. The fraction of sp³-hybridized carbons (Fsp3) is 0.278. The van der Waals surface area contributed by atoms with Gasteiger partial charge in [-0.25, -0.2) is 4.68 Å². The van der Waals surface area contributed by atoms with Crippen molar-refractivity contribution < 1.29 is 23.1 Å². The fourth-order valence-electron chi connectivity index (χ4n) is 3.16. The van der Waals surface area contributed by atoms with Gasteiger partial charge in [-0.15, -0.1) is 11.3 Å². The number of carbonyl (C=O) groups excluding carboxylic acids is 1. The Morgan fingerprint density at radius 1 is 1.25 bits per heavy atom. The van der Waals surface area contributed by atoms with Gasteiger partial charge in [0.05, 0.1) is 16.3 Å². The molecule has 0 radical (unpaired) electrons. The minimum absolute atomic E-state index is 0.0286. The Kier molecular flexibility index (Phi) is 4.09. The van der Waals surface area contributed by atoms with Gasteiger partial charge in [0.15, 0.2) is 0 Å². The van der Waals surface area contributed by atoms with Gasteiger partial charge in [-0.1, -0.05) is 18.2 Å². The van der Waals surface area contributed by atoms with Gasteiger partial charge < -0.3 is 5.11 Å². The highest BCUT2D eigenvalue weighted by Gasteiger charge is 2.62. The highest BCUT2D eigenvalue weighted by Crippen LogP contribution is 2.42. The number of aromatic nitrogens is 2. The zero-order valence-electron chi connectivity index (χ0n) is 14.9. The van der Waals surface area contributed by atoms with Gasteiger partial charge in [-0.05, 0) is 32.0 Å². The molecule has 0 spiro atoms. The SMILES string of the molecule is CC1=NN(C(=O)c2cc3c(C)nn(-c4ccccc4)c3s2)C(O)(C(F)(F)F)C1. The molecule has 0 saturated carbocycles. The summed E-state index contributed by atoms with van der Waals surface area (Å²) in [4.78, 5) is 13.5. The van der Waals surface area contributed by atoms with Crippen LogP contribution in [0.2, 0.25) is 0 Å². The maximum atomic E-state index is 13.4. The minimum atomic E-state index is -5.03. The third-order valence-corrected chi connectivity index (χ3v) is 5.62. The van der Waals surface area contributed by atoms with E-state index in [1.807, 2.05) is 30.3 Å². The van der Waals surface area contributed by atoms with Crippen LogP contribution in [0.15, 0.2) is 41.5 Å². The molecule has 4 rings (SSSR count). The van der Waals surface area contributed by atoms with Crippen LogP contribution < -0.4 is 0 Å². The molecule has 1 aliphatic heterocycles. The normalized spacial score (nSPS) is 20.1. The van der Waals surface area contributed by atoms with Gasteiger partial charge in [-0.3, -0.25) is 4.79 Å². The Morgan fingerprint density at radius 2 is 1.93 bits per heavy atom. The van der Waals surface area contributed by atoms with Gasteiger partial charge in [-0.2, -0.15) is 28.4 Å². The number of amides is 1. The van der Waals surface area contributed by atoms with Crippen LogP contribution in [-0.4, -0.2) is 43.4 Å². The van der Waals surface area contributed by atoms with Crippen LogP contribution in [0.5, 0.6) is 0 Å². The Labute approximate surface area is 161 Å². The number of alkyl halides is 3. The average molecular weight is 408 g/mol. The second-order valence-corrected chi connectivity index (χ2v) is 7.64. The van der Waals surface area contributed by atoms with Gasteiger partial charge in [0, 0.05) is 17.5 Å². The molecule has 1 unspecified atom stereocenters. The number of carbonyl (C=O) groups is 1. The first-order chi connectivity index (χ1) is 13.1. The highest BCUT2D eigenvalue weighted by molar-refractivity contribution is 7.20. The summed E-state index contributed by atoms with van der Waals surface area (Å²) in [5, 5.41) is 19.1. The summed E-state index contributed by atoms with van der Waals surface area (Å²) in [6.07, 6.45) is -5.80. The highest BCUT2D eigenvalue weighted by atomic mass is 32.1. The number of hydrogen-bond donors (Lipinski definition) is 1. The first-order valence-electron chi connectivity index (χ1n) is 8.34. The predicted octanol–water partition coefficient (Wildman–Crippen LogP) is 3.87. The van der Waals surface area contributed by atoms with Crippen molar-refractivity contribution in [2.75, 3.05) is 0 Å². The minimum Gasteiger partial charge on any atom is -0.362 e. The van der Waals surface area contributed by atoms with E-state index in [0.29, 0.717) is 15.9 Å². The number of nitrogens with zero attached hydrogens (tertiary/aromatic N) is 4. The maximum absolute atomic E-state index is 13.4. The van der Waals surface area contributed by atoms with Crippen molar-refractivity contribution in [2.24, 2.45) is 5.10 Å². The monoisotopic (exact) mass is 408 g/mol. The molecule has 0 aliphatic carbocycles. The summed E-state index contributed by atoms with van der Waals surface area (Å²) in [6, 6.07) is 10.7. The number of rotatable bonds is 2. The molecule has 3 heterocycles. The molecule has 146 valence electrons. The summed E-state index contributed by atoms with van der Waals surface area (Å²) < 4.78 is 41.9. The topological polar surface area (TPSA) is 70.7 Å². The van der Waals surface area contributed by atoms with E-state index >= 15 is 0 Å². The molecule has 1 amide bonds. The molecule has 1 atom stereocenters. The molecule has 2 aromatic heterocycles. The van der Waals surface area contributed by atoms with Crippen LogP contribution >= 0.6 is 11.3 Å². The number of thiophene rings is 1. The number of fused-ring (bicyclic) bond motifs is 1. The third-order valence-electron chi connectivity index (χ3n) is 4.53. The van der Waals surface area contributed by atoms with Crippen molar-refractivity contribution in [3.05, 3.63) is 47.0 Å². The number of hydrogen-bond acceptors (Lipinski definition) is 5. The first kappa shape index (κ1) is 18.6. The van der Waals surface area contributed by atoms with Gasteiger partial charge in [0.2, 0.25) is 0 Å². The lowest BCUT2D eigenvalue weighted by Gasteiger charge is -2.32. The smallest absolute Gasteiger partial charge is 0.362 e.